The van der Waals surface area contributed by atoms with Crippen LogP contribution in [-0.2, 0) is 6.42 Å². The molecule has 0 saturated heterocycles. The third-order valence-corrected chi connectivity index (χ3v) is 2.68. The van der Waals surface area contributed by atoms with E-state index in [2.05, 4.69) is 18.7 Å². The first-order valence-corrected chi connectivity index (χ1v) is 5.62. The monoisotopic (exact) mass is 224 g/mol. The molecule has 3 heteroatoms. The van der Waals surface area contributed by atoms with Gasteiger partial charge in [0, 0.05) is 24.5 Å². The molecule has 82 valence electrons. The highest BCUT2D eigenvalue weighted by Crippen LogP contribution is 2.10. The maximum Gasteiger partial charge on any atom is 0.100 e. The van der Waals surface area contributed by atoms with E-state index in [1.165, 1.54) is 0 Å². The van der Waals surface area contributed by atoms with Crippen molar-refractivity contribution in [3.05, 3.63) is 34.9 Å². The molecule has 0 aliphatic carbocycles. The maximum absolute atomic E-state index is 7.93. The molecule has 1 aromatic carbocycles. The molecule has 1 rings (SSSR count). The van der Waals surface area contributed by atoms with E-state index >= 15 is 0 Å². The van der Waals surface area contributed by atoms with Gasteiger partial charge in [-0.25, -0.2) is 0 Å². The largest absolute Gasteiger partial charge is 0.361 e. The van der Waals surface area contributed by atoms with E-state index in [4.69, 9.17) is 17.0 Å². The minimum atomic E-state index is 0.669. The molecule has 0 bridgehead atoms. The standard InChI is InChI=1S/C12H17ClN2/c1-3-15(4-2)12(14)9-10-5-7-11(13)8-6-10/h5-8,14H,3-4,9H2,1-2H3. The Morgan fingerprint density at radius 3 is 2.20 bits per heavy atom. The molecule has 1 aromatic rings. The van der Waals surface area contributed by atoms with Crippen molar-refractivity contribution < 1.29 is 0 Å². The summed E-state index contributed by atoms with van der Waals surface area (Å²) in [5, 5.41) is 8.67. The lowest BCUT2D eigenvalue weighted by Crippen LogP contribution is -2.31. The molecule has 0 aromatic heterocycles. The van der Waals surface area contributed by atoms with Crippen molar-refractivity contribution in [3.8, 4) is 0 Å². The molecular formula is C12H17ClN2. The quantitative estimate of drug-likeness (QED) is 0.617. The second kappa shape index (κ2) is 5.76. The fourth-order valence-corrected chi connectivity index (χ4v) is 1.64. The van der Waals surface area contributed by atoms with Gasteiger partial charge in [-0.15, -0.1) is 0 Å². The molecule has 1 N–H and O–H groups in total. The van der Waals surface area contributed by atoms with Gasteiger partial charge in [-0.3, -0.25) is 5.41 Å². The van der Waals surface area contributed by atoms with E-state index in [1.54, 1.807) is 0 Å². The number of likely N-dealkylation sites (N-methyl/N-ethyl adjacent to an activating group) is 1. The number of hydrogen-bond acceptors (Lipinski definition) is 1. The summed E-state index contributed by atoms with van der Waals surface area (Å²) in [6.45, 7) is 5.92. The molecule has 0 aliphatic heterocycles. The summed E-state index contributed by atoms with van der Waals surface area (Å²) in [4.78, 5) is 2.05. The van der Waals surface area contributed by atoms with Crippen molar-refractivity contribution in [2.24, 2.45) is 0 Å². The van der Waals surface area contributed by atoms with Crippen LogP contribution in [0.25, 0.3) is 0 Å². The third-order valence-electron chi connectivity index (χ3n) is 2.43. The summed E-state index contributed by atoms with van der Waals surface area (Å²) in [5.74, 6) is 0.669. The zero-order chi connectivity index (χ0) is 11.3. The summed E-state index contributed by atoms with van der Waals surface area (Å²) >= 11 is 5.80. The summed E-state index contributed by atoms with van der Waals surface area (Å²) < 4.78 is 0. The van der Waals surface area contributed by atoms with Crippen molar-refractivity contribution in [3.63, 3.8) is 0 Å². The number of benzene rings is 1. The number of hydrogen-bond donors (Lipinski definition) is 1. The van der Waals surface area contributed by atoms with Crippen LogP contribution in [0.15, 0.2) is 24.3 Å². The van der Waals surface area contributed by atoms with Crippen LogP contribution in [0.1, 0.15) is 19.4 Å². The van der Waals surface area contributed by atoms with Crippen LogP contribution >= 0.6 is 11.6 Å². The Hall–Kier alpha value is -1.02. The fourth-order valence-electron chi connectivity index (χ4n) is 1.51. The Balaban J connectivity index is 2.61. The highest BCUT2D eigenvalue weighted by Gasteiger charge is 2.05. The van der Waals surface area contributed by atoms with Gasteiger partial charge in [0.25, 0.3) is 0 Å². The van der Waals surface area contributed by atoms with E-state index in [9.17, 15) is 0 Å². The van der Waals surface area contributed by atoms with Crippen molar-refractivity contribution in [2.75, 3.05) is 13.1 Å². The Morgan fingerprint density at radius 1 is 1.20 bits per heavy atom. The number of halogens is 1. The lowest BCUT2D eigenvalue weighted by atomic mass is 10.1. The van der Waals surface area contributed by atoms with Crippen LogP contribution in [0.4, 0.5) is 0 Å². The van der Waals surface area contributed by atoms with Gasteiger partial charge in [0.05, 0.1) is 0 Å². The molecule has 0 heterocycles. The molecule has 0 fully saturated rings. The summed E-state index contributed by atoms with van der Waals surface area (Å²) in [6.07, 6.45) is 0.679. The van der Waals surface area contributed by atoms with Gasteiger partial charge in [-0.1, -0.05) is 23.7 Å². The fraction of sp³-hybridized carbons (Fsp3) is 0.417. The summed E-state index contributed by atoms with van der Waals surface area (Å²) in [5.41, 5.74) is 1.14. The minimum Gasteiger partial charge on any atom is -0.361 e. The Kier molecular flexibility index (Phi) is 4.63. The molecule has 15 heavy (non-hydrogen) atoms. The molecule has 0 saturated carbocycles. The second-order valence-corrected chi connectivity index (χ2v) is 3.86. The average molecular weight is 225 g/mol. The van der Waals surface area contributed by atoms with Crippen molar-refractivity contribution in [1.82, 2.24) is 4.90 Å². The van der Waals surface area contributed by atoms with Crippen LogP contribution in [-0.4, -0.2) is 23.8 Å². The highest BCUT2D eigenvalue weighted by molar-refractivity contribution is 6.30. The molecular weight excluding hydrogens is 208 g/mol. The van der Waals surface area contributed by atoms with Crippen molar-refractivity contribution in [2.45, 2.75) is 20.3 Å². The van der Waals surface area contributed by atoms with Gasteiger partial charge in [0.2, 0.25) is 0 Å². The van der Waals surface area contributed by atoms with Gasteiger partial charge in [0.15, 0.2) is 0 Å². The third kappa shape index (κ3) is 3.56. The maximum atomic E-state index is 7.93. The lowest BCUT2D eigenvalue weighted by molar-refractivity contribution is 0.455. The summed E-state index contributed by atoms with van der Waals surface area (Å²) in [6, 6.07) is 7.68. The zero-order valence-electron chi connectivity index (χ0n) is 9.26. The van der Waals surface area contributed by atoms with Gasteiger partial charge in [-0.2, -0.15) is 0 Å². The van der Waals surface area contributed by atoms with Crippen LogP contribution in [0.3, 0.4) is 0 Å². The zero-order valence-corrected chi connectivity index (χ0v) is 10.0. The van der Waals surface area contributed by atoms with Crippen LogP contribution < -0.4 is 0 Å². The number of nitrogens with zero attached hydrogens (tertiary/aromatic N) is 1. The molecule has 0 amide bonds. The van der Waals surface area contributed by atoms with Crippen LogP contribution in [0, 0.1) is 5.41 Å². The van der Waals surface area contributed by atoms with E-state index in [1.807, 2.05) is 24.3 Å². The number of rotatable bonds is 4. The van der Waals surface area contributed by atoms with E-state index in [0.29, 0.717) is 12.3 Å². The van der Waals surface area contributed by atoms with Gasteiger partial charge in [-0.05, 0) is 31.5 Å². The van der Waals surface area contributed by atoms with Crippen molar-refractivity contribution >= 4 is 17.4 Å². The first kappa shape index (κ1) is 12.1. The Bertz CT molecular complexity index is 315. The second-order valence-electron chi connectivity index (χ2n) is 3.42. The molecule has 0 atom stereocenters. The predicted molar refractivity (Wildman–Crippen MR) is 65.8 cm³/mol. The number of amidine groups is 1. The van der Waals surface area contributed by atoms with E-state index in [0.717, 1.165) is 23.7 Å². The van der Waals surface area contributed by atoms with Gasteiger partial charge >= 0.3 is 0 Å². The first-order chi connectivity index (χ1) is 7.17. The lowest BCUT2D eigenvalue weighted by Gasteiger charge is -2.21. The predicted octanol–water partition coefficient (Wildman–Crippen LogP) is 3.20. The Morgan fingerprint density at radius 2 is 1.73 bits per heavy atom. The highest BCUT2D eigenvalue weighted by atomic mass is 35.5. The average Bonchev–Trinajstić information content (AvgIpc) is 2.23. The molecule has 0 radical (unpaired) electrons. The van der Waals surface area contributed by atoms with Crippen molar-refractivity contribution in [1.29, 1.82) is 5.41 Å². The van der Waals surface area contributed by atoms with E-state index in [-0.39, 0.29) is 0 Å². The smallest absolute Gasteiger partial charge is 0.100 e. The topological polar surface area (TPSA) is 27.1 Å². The van der Waals surface area contributed by atoms with Crippen LogP contribution in [0.2, 0.25) is 5.02 Å². The van der Waals surface area contributed by atoms with Gasteiger partial charge < -0.3 is 4.90 Å². The minimum absolute atomic E-state index is 0.669. The number of nitrogens with one attached hydrogen (secondary N) is 1. The summed E-state index contributed by atoms with van der Waals surface area (Å²) in [7, 11) is 0. The molecule has 0 unspecified atom stereocenters. The first-order valence-electron chi connectivity index (χ1n) is 5.24. The Labute approximate surface area is 96.4 Å². The molecule has 0 spiro atoms. The molecule has 0 aliphatic rings. The van der Waals surface area contributed by atoms with Crippen LogP contribution in [0.5, 0.6) is 0 Å². The SMILES string of the molecule is CCN(CC)C(=N)Cc1ccc(Cl)cc1. The van der Waals surface area contributed by atoms with Gasteiger partial charge in [0.1, 0.15) is 5.84 Å². The molecule has 2 nitrogen and oxygen atoms in total. The normalized spacial score (nSPS) is 10.1. The van der Waals surface area contributed by atoms with E-state index < -0.39 is 0 Å².